The number of carbonyl (C=O) groups is 1. The second kappa shape index (κ2) is 8.01. The Hall–Kier alpha value is -3.28. The highest BCUT2D eigenvalue weighted by Crippen LogP contribution is 2.50. The number of rotatable bonds is 3. The molecule has 1 heterocycles. The van der Waals surface area contributed by atoms with Crippen LogP contribution in [0, 0.1) is 0 Å². The van der Waals surface area contributed by atoms with E-state index in [1.165, 1.54) is 17.7 Å². The molecule has 0 saturated carbocycles. The van der Waals surface area contributed by atoms with Crippen molar-refractivity contribution in [2.45, 2.75) is 37.6 Å². The summed E-state index contributed by atoms with van der Waals surface area (Å²) in [7, 11) is 0. The minimum atomic E-state index is -4.35. The number of nitrogens with zero attached hydrogens (tertiary/aromatic N) is 1. The van der Waals surface area contributed by atoms with Crippen molar-refractivity contribution in [1.29, 1.82) is 0 Å². The summed E-state index contributed by atoms with van der Waals surface area (Å²) in [6.07, 6.45) is -2.95. The van der Waals surface area contributed by atoms with Crippen LogP contribution in [0.15, 0.2) is 72.8 Å². The van der Waals surface area contributed by atoms with E-state index in [-0.39, 0.29) is 18.7 Å². The summed E-state index contributed by atoms with van der Waals surface area (Å²) in [4.78, 5) is 14.6. The lowest BCUT2D eigenvalue weighted by Gasteiger charge is -2.33. The smallest absolute Gasteiger partial charge is 0.416 e. The van der Waals surface area contributed by atoms with Gasteiger partial charge in [0.05, 0.1) is 11.6 Å². The van der Waals surface area contributed by atoms with Gasteiger partial charge in [-0.25, -0.2) is 4.79 Å². The van der Waals surface area contributed by atoms with Crippen molar-refractivity contribution in [1.82, 2.24) is 4.90 Å². The Morgan fingerprint density at radius 2 is 1.66 bits per heavy atom. The van der Waals surface area contributed by atoms with E-state index in [4.69, 9.17) is 4.74 Å². The third-order valence-corrected chi connectivity index (χ3v) is 6.47. The molecule has 1 aliphatic carbocycles. The lowest BCUT2D eigenvalue weighted by molar-refractivity contribution is -0.137. The molecule has 3 aromatic carbocycles. The SMILES string of the molecule is O=C(OCc1ccccc1)N1CCC2C[C@@H]1c1cc(-c3ccc(C(F)(F)F)cc3)ccc12. The molecule has 0 radical (unpaired) electrons. The minimum Gasteiger partial charge on any atom is -0.445 e. The van der Waals surface area contributed by atoms with Gasteiger partial charge in [0, 0.05) is 6.54 Å². The molecule has 3 aromatic rings. The molecule has 0 spiro atoms. The lowest BCUT2D eigenvalue weighted by Crippen LogP contribution is -2.37. The van der Waals surface area contributed by atoms with Crippen molar-refractivity contribution in [3.63, 3.8) is 0 Å². The highest BCUT2D eigenvalue weighted by Gasteiger charge is 2.41. The van der Waals surface area contributed by atoms with E-state index in [9.17, 15) is 18.0 Å². The molecule has 2 aliphatic rings. The molecule has 2 bridgehead atoms. The fourth-order valence-corrected chi connectivity index (χ4v) is 4.83. The number of piperidine rings is 1. The van der Waals surface area contributed by atoms with Crippen LogP contribution in [0.1, 0.15) is 47.1 Å². The third kappa shape index (κ3) is 3.85. The summed E-state index contributed by atoms with van der Waals surface area (Å²) in [6.45, 7) is 0.859. The standard InChI is InChI=1S/C26H22F3NO2/c27-26(28,29)21-9-6-18(7-10-21)19-8-11-22-20-12-13-30(24(15-20)23(22)14-19)25(31)32-16-17-4-2-1-3-5-17/h1-11,14,20,24H,12-13,15-16H2/t20?,24-/m1/s1. The minimum absolute atomic E-state index is 0.0681. The zero-order valence-corrected chi connectivity index (χ0v) is 17.3. The Kier molecular flexibility index (Phi) is 5.16. The van der Waals surface area contributed by atoms with E-state index in [0.717, 1.165) is 47.2 Å². The average Bonchev–Trinajstić information content (AvgIpc) is 3.09. The molecular formula is C26H22F3NO2. The highest BCUT2D eigenvalue weighted by molar-refractivity contribution is 5.71. The lowest BCUT2D eigenvalue weighted by atomic mass is 9.95. The van der Waals surface area contributed by atoms with Gasteiger partial charge in [-0.2, -0.15) is 13.2 Å². The fraction of sp³-hybridized carbons (Fsp3) is 0.269. The number of hydrogen-bond acceptors (Lipinski definition) is 2. The summed E-state index contributed by atoms with van der Waals surface area (Å²) in [5, 5.41) is 0. The molecule has 1 saturated heterocycles. The van der Waals surface area contributed by atoms with Crippen molar-refractivity contribution in [2.75, 3.05) is 6.54 Å². The van der Waals surface area contributed by atoms with E-state index in [0.29, 0.717) is 12.5 Å². The molecule has 0 N–H and O–H groups in total. The summed E-state index contributed by atoms with van der Waals surface area (Å²) in [5.41, 5.74) is 4.14. The summed E-state index contributed by atoms with van der Waals surface area (Å²) in [6, 6.07) is 20.7. The van der Waals surface area contributed by atoms with Crippen LogP contribution < -0.4 is 0 Å². The number of halogens is 3. The zero-order chi connectivity index (χ0) is 22.3. The van der Waals surface area contributed by atoms with Gasteiger partial charge in [-0.05, 0) is 64.8 Å². The van der Waals surface area contributed by atoms with Crippen LogP contribution in [0.5, 0.6) is 0 Å². The molecule has 164 valence electrons. The molecular weight excluding hydrogens is 415 g/mol. The molecule has 3 nitrogen and oxygen atoms in total. The molecule has 2 atom stereocenters. The molecule has 1 fully saturated rings. The first-order valence-electron chi connectivity index (χ1n) is 10.7. The van der Waals surface area contributed by atoms with Crippen molar-refractivity contribution < 1.29 is 22.7 Å². The molecule has 1 aliphatic heterocycles. The summed E-state index contributed by atoms with van der Waals surface area (Å²) < 4.78 is 44.2. The second-order valence-corrected chi connectivity index (χ2v) is 8.39. The van der Waals surface area contributed by atoms with Crippen molar-refractivity contribution >= 4 is 6.09 Å². The third-order valence-electron chi connectivity index (χ3n) is 6.47. The van der Waals surface area contributed by atoms with Crippen molar-refractivity contribution in [3.8, 4) is 11.1 Å². The van der Waals surface area contributed by atoms with Crippen LogP contribution >= 0.6 is 0 Å². The number of hydrogen-bond donors (Lipinski definition) is 0. The monoisotopic (exact) mass is 437 g/mol. The zero-order valence-electron chi connectivity index (χ0n) is 17.3. The number of ether oxygens (including phenoxy) is 1. The molecule has 6 heteroatoms. The van der Waals surface area contributed by atoms with Gasteiger partial charge in [-0.15, -0.1) is 0 Å². The Bertz CT molecular complexity index is 1130. The Balaban J connectivity index is 1.37. The summed E-state index contributed by atoms with van der Waals surface area (Å²) in [5.74, 6) is 0.398. The first kappa shape index (κ1) is 20.6. The van der Waals surface area contributed by atoms with Crippen LogP contribution in [0.2, 0.25) is 0 Å². The van der Waals surface area contributed by atoms with Gasteiger partial charge in [0.25, 0.3) is 0 Å². The number of fused-ring (bicyclic) bond motifs is 5. The Morgan fingerprint density at radius 3 is 2.38 bits per heavy atom. The predicted octanol–water partition coefficient (Wildman–Crippen LogP) is 6.94. The normalized spacial score (nSPS) is 19.5. The molecule has 0 aromatic heterocycles. The van der Waals surface area contributed by atoms with E-state index < -0.39 is 11.7 Å². The molecule has 1 amide bonds. The topological polar surface area (TPSA) is 29.5 Å². The maximum Gasteiger partial charge on any atom is 0.416 e. The van der Waals surface area contributed by atoms with E-state index >= 15 is 0 Å². The molecule has 1 unspecified atom stereocenters. The first-order chi connectivity index (χ1) is 15.4. The second-order valence-electron chi connectivity index (χ2n) is 8.39. The van der Waals surface area contributed by atoms with Gasteiger partial charge in [0.15, 0.2) is 0 Å². The number of carbonyl (C=O) groups excluding carboxylic acids is 1. The van der Waals surface area contributed by atoms with Crippen LogP contribution in [-0.2, 0) is 17.5 Å². The maximum atomic E-state index is 12.9. The van der Waals surface area contributed by atoms with E-state index in [1.807, 2.05) is 42.5 Å². The number of amides is 1. The van der Waals surface area contributed by atoms with Crippen LogP contribution in [0.3, 0.4) is 0 Å². The first-order valence-corrected chi connectivity index (χ1v) is 10.7. The van der Waals surface area contributed by atoms with Gasteiger partial charge >= 0.3 is 12.3 Å². The number of benzene rings is 3. The van der Waals surface area contributed by atoms with Crippen LogP contribution in [0.25, 0.3) is 11.1 Å². The maximum absolute atomic E-state index is 12.9. The van der Waals surface area contributed by atoms with Gasteiger partial charge in [-0.3, -0.25) is 0 Å². The molecule has 5 rings (SSSR count). The van der Waals surface area contributed by atoms with Gasteiger partial charge in [0.2, 0.25) is 0 Å². The van der Waals surface area contributed by atoms with Crippen LogP contribution in [0.4, 0.5) is 18.0 Å². The van der Waals surface area contributed by atoms with Gasteiger partial charge in [0.1, 0.15) is 6.61 Å². The molecule has 32 heavy (non-hydrogen) atoms. The van der Waals surface area contributed by atoms with Crippen LogP contribution in [-0.4, -0.2) is 17.5 Å². The van der Waals surface area contributed by atoms with Gasteiger partial charge in [-0.1, -0.05) is 54.6 Å². The number of likely N-dealkylation sites (tertiary alicyclic amines) is 1. The quantitative estimate of drug-likeness (QED) is 0.444. The average molecular weight is 437 g/mol. The van der Waals surface area contributed by atoms with Crippen molar-refractivity contribution in [2.24, 2.45) is 0 Å². The van der Waals surface area contributed by atoms with Crippen molar-refractivity contribution in [3.05, 3.63) is 95.1 Å². The summed E-state index contributed by atoms with van der Waals surface area (Å²) >= 11 is 0. The fourth-order valence-electron chi connectivity index (χ4n) is 4.83. The van der Waals surface area contributed by atoms with E-state index in [1.54, 1.807) is 4.90 Å². The Morgan fingerprint density at radius 1 is 0.938 bits per heavy atom. The predicted molar refractivity (Wildman–Crippen MR) is 115 cm³/mol. The van der Waals surface area contributed by atoms with Gasteiger partial charge < -0.3 is 9.64 Å². The number of alkyl halides is 3. The largest absolute Gasteiger partial charge is 0.445 e. The highest BCUT2D eigenvalue weighted by atomic mass is 19.4. The Labute approximate surface area is 184 Å². The van der Waals surface area contributed by atoms with E-state index in [2.05, 4.69) is 6.07 Å².